The summed E-state index contributed by atoms with van der Waals surface area (Å²) in [4.78, 5) is 2.29. The van der Waals surface area contributed by atoms with Crippen molar-refractivity contribution in [2.45, 2.75) is 13.1 Å². The van der Waals surface area contributed by atoms with E-state index in [9.17, 15) is 0 Å². The zero-order chi connectivity index (χ0) is 13.5. The van der Waals surface area contributed by atoms with Crippen LogP contribution in [0.1, 0.15) is 16.7 Å². The Kier molecular flexibility index (Phi) is 5.17. The Morgan fingerprint density at radius 1 is 1.11 bits per heavy atom. The molecule has 1 aromatic heterocycles. The molecular weight excluding hydrogens is 254 g/mol. The van der Waals surface area contributed by atoms with Crippen molar-refractivity contribution in [3.63, 3.8) is 0 Å². The van der Waals surface area contributed by atoms with Crippen molar-refractivity contribution < 1.29 is 5.11 Å². The van der Waals surface area contributed by atoms with E-state index >= 15 is 0 Å². The lowest BCUT2D eigenvalue weighted by molar-refractivity contribution is 0.319. The van der Waals surface area contributed by atoms with Gasteiger partial charge in [-0.1, -0.05) is 24.0 Å². The van der Waals surface area contributed by atoms with E-state index in [0.717, 1.165) is 18.7 Å². The lowest BCUT2D eigenvalue weighted by atomic mass is 10.1. The predicted octanol–water partition coefficient (Wildman–Crippen LogP) is 2.72. The highest BCUT2D eigenvalue weighted by molar-refractivity contribution is 7.07. The molecule has 0 fully saturated rings. The molecule has 0 atom stereocenters. The van der Waals surface area contributed by atoms with Crippen molar-refractivity contribution in [2.75, 3.05) is 13.7 Å². The Bertz CT molecular complexity index is 549. The van der Waals surface area contributed by atoms with Gasteiger partial charge in [-0.3, -0.25) is 4.90 Å². The van der Waals surface area contributed by atoms with E-state index in [1.807, 2.05) is 12.1 Å². The zero-order valence-corrected chi connectivity index (χ0v) is 11.8. The Labute approximate surface area is 118 Å². The van der Waals surface area contributed by atoms with Gasteiger partial charge in [-0.25, -0.2) is 0 Å². The van der Waals surface area contributed by atoms with Gasteiger partial charge in [-0.15, -0.1) is 0 Å². The highest BCUT2D eigenvalue weighted by Gasteiger charge is 2.02. The van der Waals surface area contributed by atoms with Crippen LogP contribution in [0.25, 0.3) is 0 Å². The third-order valence-electron chi connectivity index (χ3n) is 2.75. The van der Waals surface area contributed by atoms with Crippen LogP contribution in [0.4, 0.5) is 0 Å². The molecule has 1 N–H and O–H groups in total. The fraction of sp³-hybridized carbons (Fsp3) is 0.250. The first kappa shape index (κ1) is 13.8. The summed E-state index contributed by atoms with van der Waals surface area (Å²) >= 11 is 1.74. The summed E-state index contributed by atoms with van der Waals surface area (Å²) in [7, 11) is 2.12. The molecule has 0 saturated carbocycles. The molecule has 0 aliphatic carbocycles. The van der Waals surface area contributed by atoms with E-state index in [4.69, 9.17) is 5.11 Å². The molecule has 0 amide bonds. The second-order valence-corrected chi connectivity index (χ2v) is 5.24. The van der Waals surface area contributed by atoms with Gasteiger partial charge in [0, 0.05) is 18.7 Å². The predicted molar refractivity (Wildman–Crippen MR) is 79.9 cm³/mol. The van der Waals surface area contributed by atoms with E-state index in [1.165, 1.54) is 11.1 Å². The largest absolute Gasteiger partial charge is 0.384 e. The molecule has 1 aromatic carbocycles. The molecule has 0 aliphatic heterocycles. The number of hydrogen-bond acceptors (Lipinski definition) is 3. The monoisotopic (exact) mass is 271 g/mol. The molecule has 0 bridgehead atoms. The summed E-state index contributed by atoms with van der Waals surface area (Å²) < 4.78 is 0. The van der Waals surface area contributed by atoms with E-state index < -0.39 is 0 Å². The Morgan fingerprint density at radius 3 is 2.47 bits per heavy atom. The fourth-order valence-corrected chi connectivity index (χ4v) is 2.56. The highest BCUT2D eigenvalue weighted by atomic mass is 32.1. The first-order valence-corrected chi connectivity index (χ1v) is 7.10. The van der Waals surface area contributed by atoms with Gasteiger partial charge in [0.15, 0.2) is 0 Å². The van der Waals surface area contributed by atoms with E-state index in [1.54, 1.807) is 11.3 Å². The van der Waals surface area contributed by atoms with Crippen molar-refractivity contribution in [3.8, 4) is 11.8 Å². The maximum absolute atomic E-state index is 8.64. The molecular formula is C16H17NOS. The molecule has 1 heterocycles. The topological polar surface area (TPSA) is 23.5 Å². The quantitative estimate of drug-likeness (QED) is 0.864. The van der Waals surface area contributed by atoms with E-state index in [-0.39, 0.29) is 6.61 Å². The minimum atomic E-state index is -0.0921. The molecule has 0 spiro atoms. The van der Waals surface area contributed by atoms with Crippen LogP contribution in [0.5, 0.6) is 0 Å². The molecule has 0 saturated heterocycles. The third-order valence-corrected chi connectivity index (χ3v) is 3.48. The number of nitrogens with zero attached hydrogens (tertiary/aromatic N) is 1. The van der Waals surface area contributed by atoms with E-state index in [0.29, 0.717) is 0 Å². The molecule has 0 unspecified atom stereocenters. The van der Waals surface area contributed by atoms with Crippen LogP contribution in [-0.2, 0) is 13.1 Å². The maximum atomic E-state index is 8.64. The summed E-state index contributed by atoms with van der Waals surface area (Å²) in [5.41, 5.74) is 3.57. The van der Waals surface area contributed by atoms with Gasteiger partial charge in [-0.2, -0.15) is 11.3 Å². The second kappa shape index (κ2) is 7.10. The fourth-order valence-electron chi connectivity index (χ4n) is 1.90. The van der Waals surface area contributed by atoms with Crippen LogP contribution in [0.2, 0.25) is 0 Å². The first-order valence-electron chi connectivity index (χ1n) is 6.16. The molecule has 0 radical (unpaired) electrons. The number of aliphatic hydroxyl groups excluding tert-OH is 1. The van der Waals surface area contributed by atoms with Crippen molar-refractivity contribution in [2.24, 2.45) is 0 Å². The van der Waals surface area contributed by atoms with Gasteiger partial charge >= 0.3 is 0 Å². The van der Waals surface area contributed by atoms with Gasteiger partial charge in [-0.05, 0) is 47.1 Å². The average Bonchev–Trinajstić information content (AvgIpc) is 2.90. The minimum Gasteiger partial charge on any atom is -0.384 e. The van der Waals surface area contributed by atoms with Crippen molar-refractivity contribution in [1.29, 1.82) is 0 Å². The zero-order valence-electron chi connectivity index (χ0n) is 11.0. The summed E-state index contributed by atoms with van der Waals surface area (Å²) in [6.07, 6.45) is 0. The van der Waals surface area contributed by atoms with Crippen LogP contribution in [0.15, 0.2) is 41.1 Å². The normalized spacial score (nSPS) is 10.3. The number of aliphatic hydroxyl groups is 1. The SMILES string of the molecule is CN(Cc1ccc(C#CCO)cc1)Cc1ccsc1. The van der Waals surface area contributed by atoms with Crippen LogP contribution in [0, 0.1) is 11.8 Å². The highest BCUT2D eigenvalue weighted by Crippen LogP contribution is 2.11. The van der Waals surface area contributed by atoms with Gasteiger partial charge in [0.2, 0.25) is 0 Å². The summed E-state index contributed by atoms with van der Waals surface area (Å²) in [6.45, 7) is 1.80. The lowest BCUT2D eigenvalue weighted by Crippen LogP contribution is -2.16. The Morgan fingerprint density at radius 2 is 1.84 bits per heavy atom. The molecule has 19 heavy (non-hydrogen) atoms. The standard InChI is InChI=1S/C16H17NOS/c1-17(12-16-8-10-19-13-16)11-15-6-4-14(5-7-15)3-2-9-18/h4-8,10,13,18H,9,11-12H2,1H3. The summed E-state index contributed by atoms with van der Waals surface area (Å²) in [5, 5.41) is 12.9. The van der Waals surface area contributed by atoms with Crippen molar-refractivity contribution in [1.82, 2.24) is 4.90 Å². The van der Waals surface area contributed by atoms with Gasteiger partial charge in [0.25, 0.3) is 0 Å². The van der Waals surface area contributed by atoms with Crippen LogP contribution >= 0.6 is 11.3 Å². The first-order chi connectivity index (χ1) is 9.28. The molecule has 2 rings (SSSR count). The van der Waals surface area contributed by atoms with Gasteiger partial charge in [0.05, 0.1) is 0 Å². The van der Waals surface area contributed by atoms with Crippen LogP contribution in [0.3, 0.4) is 0 Å². The number of rotatable bonds is 4. The Hall–Kier alpha value is -1.60. The van der Waals surface area contributed by atoms with Crippen LogP contribution < -0.4 is 0 Å². The van der Waals surface area contributed by atoms with E-state index in [2.05, 4.69) is 52.7 Å². The second-order valence-electron chi connectivity index (χ2n) is 4.46. The summed E-state index contributed by atoms with van der Waals surface area (Å²) in [6, 6.07) is 10.3. The van der Waals surface area contributed by atoms with Crippen LogP contribution in [-0.4, -0.2) is 23.7 Å². The molecule has 2 aromatic rings. The summed E-state index contributed by atoms with van der Waals surface area (Å²) in [5.74, 6) is 5.55. The minimum absolute atomic E-state index is 0.0921. The average molecular weight is 271 g/mol. The van der Waals surface area contributed by atoms with Crippen molar-refractivity contribution in [3.05, 3.63) is 57.8 Å². The number of thiophene rings is 1. The molecule has 0 aliphatic rings. The number of hydrogen-bond donors (Lipinski definition) is 1. The third kappa shape index (κ3) is 4.53. The number of benzene rings is 1. The Balaban J connectivity index is 1.92. The smallest absolute Gasteiger partial charge is 0.104 e. The molecule has 98 valence electrons. The lowest BCUT2D eigenvalue weighted by Gasteiger charge is -2.15. The molecule has 3 heteroatoms. The van der Waals surface area contributed by atoms with Crippen molar-refractivity contribution >= 4 is 11.3 Å². The maximum Gasteiger partial charge on any atom is 0.104 e. The molecule has 2 nitrogen and oxygen atoms in total. The van der Waals surface area contributed by atoms with Gasteiger partial charge < -0.3 is 5.11 Å². The van der Waals surface area contributed by atoms with Gasteiger partial charge in [0.1, 0.15) is 6.61 Å².